The van der Waals surface area contributed by atoms with Gasteiger partial charge in [0.2, 0.25) is 0 Å². The fraction of sp³-hybridized carbons (Fsp3) is 0.114. The topological polar surface area (TPSA) is 6.48 Å². The first-order chi connectivity index (χ1) is 35.5. The number of aryl methyl sites for hydroxylation is 4. The van der Waals surface area contributed by atoms with Gasteiger partial charge in [-0.15, -0.1) is 0 Å². The molecule has 0 N–H and O–H groups in total. The van der Waals surface area contributed by atoms with Crippen LogP contribution >= 0.6 is 0 Å². The quantitative estimate of drug-likeness (QED) is 0.0792. The largest absolute Gasteiger partial charge is 0.308 e. The standard InChI is InChI=1S/C70H60N2/c1-5-49-17-25-53(26-18-49)57-33-41-61(42-34-57)71(62-43-35-58(36-44-62)54-27-19-50(6-2)20-28-54)69-67-15-11-9-13-65(67)66-14-10-12-16-68(66)70(69)72(63-45-37-59(38-46-63)55-29-21-51(7-3)22-30-55)64-47-39-60(40-48-64)56-31-23-52(8-4)24-32-56/h9-48H,5-8H2,1-4H3. The highest BCUT2D eigenvalue weighted by molar-refractivity contribution is 6.23. The molecule has 0 aliphatic rings. The molecular formula is C70H60N2. The summed E-state index contributed by atoms with van der Waals surface area (Å²) < 4.78 is 0. The van der Waals surface area contributed by atoms with Gasteiger partial charge in [0.05, 0.1) is 11.4 Å². The Balaban J connectivity index is 1.16. The van der Waals surface area contributed by atoms with E-state index in [1.165, 1.54) is 77.5 Å². The van der Waals surface area contributed by atoms with Gasteiger partial charge in [0.1, 0.15) is 0 Å². The van der Waals surface area contributed by atoms with Crippen LogP contribution in [0.3, 0.4) is 0 Å². The molecule has 0 heterocycles. The summed E-state index contributed by atoms with van der Waals surface area (Å²) in [7, 11) is 0. The summed E-state index contributed by atoms with van der Waals surface area (Å²) in [4.78, 5) is 5.00. The van der Waals surface area contributed by atoms with Crippen LogP contribution < -0.4 is 9.80 Å². The minimum absolute atomic E-state index is 1.02. The van der Waals surface area contributed by atoms with E-state index in [0.29, 0.717) is 0 Å². The Bertz CT molecular complexity index is 3160. The Morgan fingerprint density at radius 1 is 0.208 bits per heavy atom. The third-order valence-corrected chi connectivity index (χ3v) is 14.6. The summed E-state index contributed by atoms with van der Waals surface area (Å²) in [5.74, 6) is 0. The van der Waals surface area contributed by atoms with Gasteiger partial charge in [-0.3, -0.25) is 0 Å². The SMILES string of the molecule is CCc1ccc(-c2ccc(N(c3ccc(-c4ccc(CC)cc4)cc3)c3c(N(c4ccc(-c5ccc(CC)cc5)cc4)c4ccc(-c5ccc(CC)cc5)cc4)c4ccccc4c4ccccc34)cc2)cc1. The van der Waals surface area contributed by atoms with Crippen molar-refractivity contribution in [3.05, 3.63) is 265 Å². The van der Waals surface area contributed by atoms with E-state index in [4.69, 9.17) is 0 Å². The highest BCUT2D eigenvalue weighted by Gasteiger charge is 2.28. The molecule has 0 saturated carbocycles. The van der Waals surface area contributed by atoms with Gasteiger partial charge >= 0.3 is 0 Å². The average molecular weight is 929 g/mol. The first-order valence-electron chi connectivity index (χ1n) is 25.8. The van der Waals surface area contributed by atoms with Crippen molar-refractivity contribution < 1.29 is 0 Å². The Morgan fingerprint density at radius 3 is 0.583 bits per heavy atom. The van der Waals surface area contributed by atoms with Crippen LogP contribution in [0.15, 0.2) is 243 Å². The van der Waals surface area contributed by atoms with Gasteiger partial charge < -0.3 is 9.80 Å². The predicted octanol–water partition coefficient (Wildman–Crippen LogP) is 19.9. The third-order valence-electron chi connectivity index (χ3n) is 14.6. The van der Waals surface area contributed by atoms with Gasteiger partial charge in [0, 0.05) is 33.5 Å². The normalized spacial score (nSPS) is 11.3. The molecule has 0 saturated heterocycles. The van der Waals surface area contributed by atoms with Crippen LogP contribution in [0, 0.1) is 0 Å². The molecule has 350 valence electrons. The fourth-order valence-corrected chi connectivity index (χ4v) is 10.3. The van der Waals surface area contributed by atoms with Gasteiger partial charge in [0.15, 0.2) is 0 Å². The van der Waals surface area contributed by atoms with E-state index in [9.17, 15) is 0 Å². The zero-order valence-electron chi connectivity index (χ0n) is 41.8. The molecule has 2 heteroatoms. The van der Waals surface area contributed by atoms with Crippen molar-refractivity contribution in [3.63, 3.8) is 0 Å². The van der Waals surface area contributed by atoms with E-state index in [-0.39, 0.29) is 0 Å². The van der Waals surface area contributed by atoms with Crippen molar-refractivity contribution in [3.8, 4) is 44.5 Å². The number of hydrogen-bond donors (Lipinski definition) is 0. The van der Waals surface area contributed by atoms with E-state index in [0.717, 1.165) is 70.6 Å². The number of anilines is 6. The van der Waals surface area contributed by atoms with Gasteiger partial charge in [-0.05, 0) is 152 Å². The van der Waals surface area contributed by atoms with Crippen LogP contribution in [0.25, 0.3) is 66.1 Å². The molecule has 0 aromatic heterocycles. The van der Waals surface area contributed by atoms with E-state index in [1.807, 2.05) is 0 Å². The molecule has 0 atom stereocenters. The summed E-state index contributed by atoms with van der Waals surface area (Å²) in [6.45, 7) is 8.84. The maximum absolute atomic E-state index is 2.50. The fourth-order valence-electron chi connectivity index (χ4n) is 10.3. The minimum Gasteiger partial charge on any atom is -0.308 e. The van der Waals surface area contributed by atoms with Crippen molar-refractivity contribution in [2.75, 3.05) is 9.80 Å². The van der Waals surface area contributed by atoms with E-state index in [1.54, 1.807) is 0 Å². The molecule has 11 rings (SSSR count). The van der Waals surface area contributed by atoms with Crippen LogP contribution in [0.1, 0.15) is 49.9 Å². The second-order valence-electron chi connectivity index (χ2n) is 18.8. The number of nitrogens with zero attached hydrogens (tertiary/aromatic N) is 2. The smallest absolute Gasteiger partial charge is 0.0788 e. The summed E-state index contributed by atoms with van der Waals surface area (Å²) in [6.07, 6.45) is 4.07. The first kappa shape index (κ1) is 46.0. The highest BCUT2D eigenvalue weighted by atomic mass is 15.2. The van der Waals surface area contributed by atoms with Crippen LogP contribution in [0.5, 0.6) is 0 Å². The minimum atomic E-state index is 1.02. The van der Waals surface area contributed by atoms with Crippen LogP contribution in [-0.4, -0.2) is 0 Å². The Hall–Kier alpha value is -8.46. The lowest BCUT2D eigenvalue weighted by molar-refractivity contribution is 1.14. The van der Waals surface area contributed by atoms with Gasteiger partial charge in [0.25, 0.3) is 0 Å². The lowest BCUT2D eigenvalue weighted by atomic mass is 9.94. The predicted molar refractivity (Wildman–Crippen MR) is 310 cm³/mol. The Morgan fingerprint density at radius 2 is 0.389 bits per heavy atom. The van der Waals surface area contributed by atoms with Gasteiger partial charge in [-0.25, -0.2) is 0 Å². The summed E-state index contributed by atoms with van der Waals surface area (Å²) in [5.41, 5.74) is 21.4. The van der Waals surface area contributed by atoms with Crippen molar-refractivity contribution >= 4 is 55.7 Å². The number of benzene rings is 11. The average Bonchev–Trinajstić information content (AvgIpc) is 3.46. The first-order valence-corrected chi connectivity index (χ1v) is 25.8. The van der Waals surface area contributed by atoms with Crippen LogP contribution in [0.4, 0.5) is 34.1 Å². The van der Waals surface area contributed by atoms with Gasteiger partial charge in [-0.1, -0.05) is 222 Å². The third kappa shape index (κ3) is 9.09. The van der Waals surface area contributed by atoms with Crippen LogP contribution in [-0.2, 0) is 25.7 Å². The second-order valence-corrected chi connectivity index (χ2v) is 18.8. The molecule has 2 nitrogen and oxygen atoms in total. The van der Waals surface area contributed by atoms with Crippen molar-refractivity contribution in [1.82, 2.24) is 0 Å². The summed E-state index contributed by atoms with van der Waals surface area (Å²) >= 11 is 0. The number of hydrogen-bond acceptors (Lipinski definition) is 2. The van der Waals surface area contributed by atoms with Crippen molar-refractivity contribution in [1.29, 1.82) is 0 Å². The maximum atomic E-state index is 2.50. The lowest BCUT2D eigenvalue weighted by Gasteiger charge is -2.35. The van der Waals surface area contributed by atoms with E-state index < -0.39 is 0 Å². The summed E-state index contributed by atoms with van der Waals surface area (Å²) in [6, 6.07) is 90.6. The van der Waals surface area contributed by atoms with E-state index in [2.05, 4.69) is 280 Å². The molecule has 11 aromatic rings. The lowest BCUT2D eigenvalue weighted by Crippen LogP contribution is -2.18. The molecule has 0 unspecified atom stereocenters. The molecule has 0 aliphatic heterocycles. The Labute approximate surface area is 426 Å². The van der Waals surface area contributed by atoms with Crippen molar-refractivity contribution in [2.24, 2.45) is 0 Å². The van der Waals surface area contributed by atoms with Crippen molar-refractivity contribution in [2.45, 2.75) is 53.4 Å². The molecule has 11 aromatic carbocycles. The molecule has 0 radical (unpaired) electrons. The molecular weight excluding hydrogens is 869 g/mol. The molecule has 0 bridgehead atoms. The monoisotopic (exact) mass is 928 g/mol. The van der Waals surface area contributed by atoms with E-state index >= 15 is 0 Å². The zero-order valence-corrected chi connectivity index (χ0v) is 41.8. The molecule has 0 fully saturated rings. The molecule has 72 heavy (non-hydrogen) atoms. The highest BCUT2D eigenvalue weighted by Crippen LogP contribution is 2.53. The second kappa shape index (κ2) is 20.5. The molecule has 0 aliphatic carbocycles. The Kier molecular flexibility index (Phi) is 13.1. The maximum Gasteiger partial charge on any atom is 0.0788 e. The zero-order chi connectivity index (χ0) is 49.0. The number of fused-ring (bicyclic) bond motifs is 3. The molecule has 0 spiro atoms. The summed E-state index contributed by atoms with van der Waals surface area (Å²) in [5, 5.41) is 4.73. The molecule has 0 amide bonds. The number of rotatable bonds is 14. The van der Waals surface area contributed by atoms with Gasteiger partial charge in [-0.2, -0.15) is 0 Å². The van der Waals surface area contributed by atoms with Crippen LogP contribution in [0.2, 0.25) is 0 Å².